The minimum atomic E-state index is -3.44. The summed E-state index contributed by atoms with van der Waals surface area (Å²) in [6.45, 7) is 5.72. The van der Waals surface area contributed by atoms with Gasteiger partial charge in [-0.1, -0.05) is 6.07 Å². The Hall–Kier alpha value is -2.74. The zero-order valence-electron chi connectivity index (χ0n) is 17.2. The SMILES string of the molecule is COc1ccc2c(c1)[C@@H](NC(=O)c1ccc(C)c(NS(C)(=O)=O)c1)CC(C)(C)O2. The van der Waals surface area contributed by atoms with Gasteiger partial charge in [0.2, 0.25) is 10.0 Å². The van der Waals surface area contributed by atoms with Gasteiger partial charge in [-0.05, 0) is 56.7 Å². The fourth-order valence-corrected chi connectivity index (χ4v) is 4.02. The molecular weight excluding hydrogens is 392 g/mol. The molecular formula is C21H26N2O5S. The van der Waals surface area contributed by atoms with E-state index in [0.717, 1.165) is 17.4 Å². The van der Waals surface area contributed by atoms with Crippen LogP contribution in [0, 0.1) is 6.92 Å². The summed E-state index contributed by atoms with van der Waals surface area (Å²) in [4.78, 5) is 13.0. The Labute approximate surface area is 171 Å². The van der Waals surface area contributed by atoms with Crippen LogP contribution in [0.25, 0.3) is 0 Å². The van der Waals surface area contributed by atoms with Gasteiger partial charge in [-0.3, -0.25) is 9.52 Å². The summed E-state index contributed by atoms with van der Waals surface area (Å²) in [5, 5.41) is 3.06. The number of carbonyl (C=O) groups excluding carboxylic acids is 1. The van der Waals surface area contributed by atoms with Gasteiger partial charge in [0.25, 0.3) is 5.91 Å². The highest BCUT2D eigenvalue weighted by molar-refractivity contribution is 7.92. The van der Waals surface area contributed by atoms with E-state index in [2.05, 4.69) is 10.0 Å². The lowest BCUT2D eigenvalue weighted by molar-refractivity contribution is 0.0618. The lowest BCUT2D eigenvalue weighted by Gasteiger charge is -2.38. The monoisotopic (exact) mass is 418 g/mol. The van der Waals surface area contributed by atoms with Gasteiger partial charge in [-0.2, -0.15) is 0 Å². The van der Waals surface area contributed by atoms with E-state index in [1.165, 1.54) is 0 Å². The maximum atomic E-state index is 13.0. The quantitative estimate of drug-likeness (QED) is 0.776. The maximum absolute atomic E-state index is 13.0. The number of fused-ring (bicyclic) bond motifs is 1. The molecule has 1 heterocycles. The van der Waals surface area contributed by atoms with E-state index in [4.69, 9.17) is 9.47 Å². The molecule has 7 nitrogen and oxygen atoms in total. The molecule has 2 aromatic rings. The van der Waals surface area contributed by atoms with Crippen molar-refractivity contribution < 1.29 is 22.7 Å². The number of aryl methyl sites for hydroxylation is 1. The Balaban J connectivity index is 1.90. The van der Waals surface area contributed by atoms with Crippen molar-refractivity contribution >= 4 is 21.6 Å². The van der Waals surface area contributed by atoms with Gasteiger partial charge in [-0.25, -0.2) is 8.42 Å². The number of benzene rings is 2. The highest BCUT2D eigenvalue weighted by Gasteiger charge is 2.35. The Morgan fingerprint density at radius 1 is 1.21 bits per heavy atom. The van der Waals surface area contributed by atoms with Gasteiger partial charge in [0.1, 0.15) is 17.1 Å². The third kappa shape index (κ3) is 5.00. The molecule has 0 aliphatic carbocycles. The van der Waals surface area contributed by atoms with Gasteiger partial charge < -0.3 is 14.8 Å². The van der Waals surface area contributed by atoms with E-state index in [1.54, 1.807) is 32.2 Å². The first kappa shape index (κ1) is 21.0. The van der Waals surface area contributed by atoms with E-state index in [1.807, 2.05) is 32.0 Å². The van der Waals surface area contributed by atoms with Gasteiger partial charge in [0.05, 0.1) is 25.1 Å². The summed E-state index contributed by atoms with van der Waals surface area (Å²) in [7, 11) is -1.86. The molecule has 0 unspecified atom stereocenters. The molecule has 1 aliphatic heterocycles. The van der Waals surface area contributed by atoms with Crippen LogP contribution in [0.15, 0.2) is 36.4 Å². The third-order valence-electron chi connectivity index (χ3n) is 4.77. The zero-order chi connectivity index (χ0) is 21.4. The van der Waals surface area contributed by atoms with Crippen LogP contribution in [-0.4, -0.2) is 33.3 Å². The number of nitrogens with one attached hydrogen (secondary N) is 2. The topological polar surface area (TPSA) is 93.7 Å². The van der Waals surface area contributed by atoms with Crippen molar-refractivity contribution in [2.45, 2.75) is 38.8 Å². The van der Waals surface area contributed by atoms with Crippen molar-refractivity contribution in [1.29, 1.82) is 0 Å². The van der Waals surface area contributed by atoms with E-state index in [0.29, 0.717) is 29.2 Å². The van der Waals surface area contributed by atoms with Crippen LogP contribution >= 0.6 is 0 Å². The van der Waals surface area contributed by atoms with Crippen molar-refractivity contribution in [1.82, 2.24) is 5.32 Å². The second-order valence-electron chi connectivity index (χ2n) is 7.90. The summed E-state index contributed by atoms with van der Waals surface area (Å²) in [5.74, 6) is 1.09. The number of ether oxygens (including phenoxy) is 2. The van der Waals surface area contributed by atoms with Crippen molar-refractivity contribution in [2.75, 3.05) is 18.1 Å². The summed E-state index contributed by atoms with van der Waals surface area (Å²) < 4.78 is 37.0. The number of carbonyl (C=O) groups is 1. The third-order valence-corrected chi connectivity index (χ3v) is 5.37. The largest absolute Gasteiger partial charge is 0.497 e. The van der Waals surface area contributed by atoms with Crippen LogP contribution in [0.5, 0.6) is 11.5 Å². The smallest absolute Gasteiger partial charge is 0.251 e. The first-order valence-corrected chi connectivity index (χ1v) is 11.1. The van der Waals surface area contributed by atoms with Gasteiger partial charge >= 0.3 is 0 Å². The lowest BCUT2D eigenvalue weighted by atomic mass is 9.89. The van der Waals surface area contributed by atoms with Gasteiger partial charge in [-0.15, -0.1) is 0 Å². The standard InChI is InChI=1S/C21H26N2O5S/c1-13-6-7-14(10-17(13)23-29(5,25)26)20(24)22-18-12-21(2,3)28-19-9-8-15(27-4)11-16(18)19/h6-11,18,23H,12H2,1-5H3,(H,22,24)/t18-/m0/s1. The highest BCUT2D eigenvalue weighted by Crippen LogP contribution is 2.41. The van der Waals surface area contributed by atoms with Crippen LogP contribution in [0.3, 0.4) is 0 Å². The molecule has 156 valence electrons. The lowest BCUT2D eigenvalue weighted by Crippen LogP contribution is -2.41. The van der Waals surface area contributed by atoms with E-state index >= 15 is 0 Å². The zero-order valence-corrected chi connectivity index (χ0v) is 18.0. The van der Waals surface area contributed by atoms with Gasteiger partial charge in [0.15, 0.2) is 0 Å². The molecule has 3 rings (SSSR count). The predicted molar refractivity (Wildman–Crippen MR) is 112 cm³/mol. The normalized spacial score (nSPS) is 17.6. The summed E-state index contributed by atoms with van der Waals surface area (Å²) in [6, 6.07) is 10.2. The average Bonchev–Trinajstić information content (AvgIpc) is 2.61. The minimum Gasteiger partial charge on any atom is -0.497 e. The molecule has 0 radical (unpaired) electrons. The van der Waals surface area contributed by atoms with Crippen LogP contribution < -0.4 is 19.5 Å². The maximum Gasteiger partial charge on any atom is 0.251 e. The Morgan fingerprint density at radius 2 is 1.93 bits per heavy atom. The van der Waals surface area contributed by atoms with E-state index in [9.17, 15) is 13.2 Å². The fourth-order valence-electron chi connectivity index (χ4n) is 3.40. The van der Waals surface area contributed by atoms with Crippen molar-refractivity contribution in [2.24, 2.45) is 0 Å². The highest BCUT2D eigenvalue weighted by atomic mass is 32.2. The second-order valence-corrected chi connectivity index (χ2v) is 9.65. The average molecular weight is 419 g/mol. The molecule has 2 aromatic carbocycles. The molecule has 8 heteroatoms. The Morgan fingerprint density at radius 3 is 2.59 bits per heavy atom. The Bertz CT molecular complexity index is 1050. The first-order valence-electron chi connectivity index (χ1n) is 9.24. The molecule has 2 N–H and O–H groups in total. The first-order chi connectivity index (χ1) is 13.5. The van der Waals surface area contributed by atoms with E-state index < -0.39 is 15.6 Å². The predicted octanol–water partition coefficient (Wildman–Crippen LogP) is 3.41. The molecule has 1 amide bonds. The van der Waals surface area contributed by atoms with Crippen LogP contribution in [0.2, 0.25) is 0 Å². The number of sulfonamides is 1. The molecule has 0 bridgehead atoms. The van der Waals surface area contributed by atoms with Gasteiger partial charge in [0, 0.05) is 17.5 Å². The molecule has 0 aromatic heterocycles. The number of rotatable bonds is 5. The van der Waals surface area contributed by atoms with Crippen LogP contribution in [0.1, 0.15) is 47.8 Å². The minimum absolute atomic E-state index is 0.274. The number of amides is 1. The number of methoxy groups -OCH3 is 1. The summed E-state index contributed by atoms with van der Waals surface area (Å²) >= 11 is 0. The number of anilines is 1. The Kier molecular flexibility index (Phi) is 5.49. The molecule has 0 fully saturated rings. The summed E-state index contributed by atoms with van der Waals surface area (Å²) in [6.07, 6.45) is 1.66. The van der Waals surface area contributed by atoms with Crippen molar-refractivity contribution in [3.63, 3.8) is 0 Å². The van der Waals surface area contributed by atoms with Crippen LogP contribution in [-0.2, 0) is 10.0 Å². The van der Waals surface area contributed by atoms with Crippen molar-refractivity contribution in [3.05, 3.63) is 53.1 Å². The second kappa shape index (κ2) is 7.59. The molecule has 29 heavy (non-hydrogen) atoms. The number of hydrogen-bond acceptors (Lipinski definition) is 5. The van der Waals surface area contributed by atoms with E-state index in [-0.39, 0.29) is 11.9 Å². The molecule has 0 saturated heterocycles. The number of hydrogen-bond donors (Lipinski definition) is 2. The molecule has 0 spiro atoms. The van der Waals surface area contributed by atoms with Crippen LogP contribution in [0.4, 0.5) is 5.69 Å². The molecule has 1 aliphatic rings. The van der Waals surface area contributed by atoms with Crippen molar-refractivity contribution in [3.8, 4) is 11.5 Å². The molecule has 0 saturated carbocycles. The molecule has 1 atom stereocenters. The summed E-state index contributed by atoms with van der Waals surface area (Å²) in [5.41, 5.74) is 1.88. The fraction of sp³-hybridized carbons (Fsp3) is 0.381.